The summed E-state index contributed by atoms with van der Waals surface area (Å²) in [5.74, 6) is -0.360. The van der Waals surface area contributed by atoms with Crippen molar-refractivity contribution in [2.24, 2.45) is 0 Å². The van der Waals surface area contributed by atoms with Crippen LogP contribution in [0.4, 0.5) is 0 Å². The maximum Gasteiger partial charge on any atom is 0.251 e. The summed E-state index contributed by atoms with van der Waals surface area (Å²) in [7, 11) is -3.63. The van der Waals surface area contributed by atoms with Crippen molar-refractivity contribution in [3.05, 3.63) is 99.2 Å². The summed E-state index contributed by atoms with van der Waals surface area (Å²) in [5.41, 5.74) is 1.91. The molecular weight excluding hydrogens is 448 g/mol. The second-order valence-corrected chi connectivity index (χ2v) is 9.81. The molecule has 0 aliphatic rings. The molecule has 4 rings (SSSR count). The SMILES string of the molecule is CS(=O)(=O)c1ccc(C(=O)NCc2ccccc2)cc1-c1cc(=O)c2ccc(Cl)cc2[nH]1. The zero-order valence-corrected chi connectivity index (χ0v) is 18.6. The zero-order valence-electron chi connectivity index (χ0n) is 17.1. The van der Waals surface area contributed by atoms with Gasteiger partial charge in [0.05, 0.1) is 16.1 Å². The average molecular weight is 467 g/mol. The van der Waals surface area contributed by atoms with Gasteiger partial charge in [-0.05, 0) is 42.0 Å². The minimum Gasteiger partial charge on any atom is -0.354 e. The largest absolute Gasteiger partial charge is 0.354 e. The number of aromatic nitrogens is 1. The lowest BCUT2D eigenvalue weighted by Crippen LogP contribution is -2.23. The van der Waals surface area contributed by atoms with E-state index < -0.39 is 9.84 Å². The van der Waals surface area contributed by atoms with E-state index in [0.717, 1.165) is 11.8 Å². The second-order valence-electron chi connectivity index (χ2n) is 7.39. The number of amides is 1. The van der Waals surface area contributed by atoms with Crippen LogP contribution in [0.15, 0.2) is 82.5 Å². The Hall–Kier alpha value is -3.42. The number of hydrogen-bond acceptors (Lipinski definition) is 4. The van der Waals surface area contributed by atoms with Gasteiger partial charge >= 0.3 is 0 Å². The molecule has 0 aliphatic carbocycles. The lowest BCUT2D eigenvalue weighted by molar-refractivity contribution is 0.0951. The van der Waals surface area contributed by atoms with E-state index in [-0.39, 0.29) is 33.1 Å². The first-order valence-corrected chi connectivity index (χ1v) is 12.0. The molecule has 4 aromatic rings. The molecule has 0 bridgehead atoms. The molecule has 0 spiro atoms. The Balaban J connectivity index is 1.79. The fourth-order valence-electron chi connectivity index (χ4n) is 3.46. The van der Waals surface area contributed by atoms with Crippen LogP contribution in [-0.4, -0.2) is 25.6 Å². The van der Waals surface area contributed by atoms with Crippen molar-refractivity contribution in [3.8, 4) is 11.3 Å². The fourth-order valence-corrected chi connectivity index (χ4v) is 4.51. The number of fused-ring (bicyclic) bond motifs is 1. The van der Waals surface area contributed by atoms with Gasteiger partial charge < -0.3 is 10.3 Å². The molecule has 0 unspecified atom stereocenters. The van der Waals surface area contributed by atoms with Gasteiger partial charge in [-0.2, -0.15) is 0 Å². The van der Waals surface area contributed by atoms with Crippen LogP contribution >= 0.6 is 11.6 Å². The Labute approximate surface area is 189 Å². The van der Waals surface area contributed by atoms with E-state index in [1.165, 1.54) is 24.3 Å². The van der Waals surface area contributed by atoms with Crippen molar-refractivity contribution in [1.82, 2.24) is 10.3 Å². The highest BCUT2D eigenvalue weighted by molar-refractivity contribution is 7.90. The van der Waals surface area contributed by atoms with E-state index in [1.807, 2.05) is 30.3 Å². The first-order chi connectivity index (χ1) is 15.2. The van der Waals surface area contributed by atoms with Gasteiger partial charge in [0.2, 0.25) is 0 Å². The van der Waals surface area contributed by atoms with Crippen LogP contribution in [-0.2, 0) is 16.4 Å². The maximum absolute atomic E-state index is 12.7. The molecule has 2 N–H and O–H groups in total. The Morgan fingerprint density at radius 1 is 1.00 bits per heavy atom. The molecule has 6 nitrogen and oxygen atoms in total. The number of benzene rings is 3. The topological polar surface area (TPSA) is 96.1 Å². The molecule has 32 heavy (non-hydrogen) atoms. The number of H-pyrrole nitrogens is 1. The molecule has 0 fully saturated rings. The number of hydrogen-bond donors (Lipinski definition) is 2. The lowest BCUT2D eigenvalue weighted by Gasteiger charge is -2.12. The number of rotatable bonds is 5. The molecular formula is C24H19ClN2O4S. The summed E-state index contributed by atoms with van der Waals surface area (Å²) in [5, 5.41) is 3.68. The smallest absolute Gasteiger partial charge is 0.251 e. The third-order valence-corrected chi connectivity index (χ3v) is 6.41. The van der Waals surface area contributed by atoms with E-state index in [0.29, 0.717) is 22.5 Å². The van der Waals surface area contributed by atoms with Crippen LogP contribution in [0.3, 0.4) is 0 Å². The minimum atomic E-state index is -3.63. The lowest BCUT2D eigenvalue weighted by atomic mass is 10.1. The minimum absolute atomic E-state index is 0.00846. The Morgan fingerprint density at radius 2 is 1.75 bits per heavy atom. The third kappa shape index (κ3) is 4.59. The van der Waals surface area contributed by atoms with Gasteiger partial charge in [-0.3, -0.25) is 9.59 Å². The monoisotopic (exact) mass is 466 g/mol. The maximum atomic E-state index is 12.7. The van der Waals surface area contributed by atoms with Gasteiger partial charge in [0.1, 0.15) is 0 Å². The van der Waals surface area contributed by atoms with Crippen molar-refractivity contribution in [3.63, 3.8) is 0 Å². The number of aromatic amines is 1. The molecule has 1 aromatic heterocycles. The first kappa shape index (κ1) is 21.8. The number of sulfone groups is 1. The molecule has 1 amide bonds. The zero-order chi connectivity index (χ0) is 22.9. The molecule has 3 aromatic carbocycles. The van der Waals surface area contributed by atoms with E-state index in [4.69, 9.17) is 11.6 Å². The number of carbonyl (C=O) groups is 1. The standard InChI is InChI=1S/C24H19ClN2O4S/c1-32(30,31)23-10-7-16(24(29)26-14-15-5-3-2-4-6-15)11-19(23)21-13-22(28)18-9-8-17(25)12-20(18)27-21/h2-13H,14H2,1H3,(H,26,29)(H,27,28). The molecule has 0 atom stereocenters. The first-order valence-electron chi connectivity index (χ1n) is 9.71. The Bertz CT molecular complexity index is 1500. The third-order valence-electron chi connectivity index (χ3n) is 5.02. The highest BCUT2D eigenvalue weighted by atomic mass is 35.5. The molecule has 162 valence electrons. The van der Waals surface area contributed by atoms with Crippen LogP contribution in [0, 0.1) is 0 Å². The predicted octanol–water partition coefficient (Wildman–Crippen LogP) is 4.18. The normalized spacial score (nSPS) is 11.4. The van der Waals surface area contributed by atoms with Crippen LogP contribution in [0.2, 0.25) is 5.02 Å². The van der Waals surface area contributed by atoms with Crippen molar-refractivity contribution in [1.29, 1.82) is 0 Å². The van der Waals surface area contributed by atoms with Crippen molar-refractivity contribution < 1.29 is 13.2 Å². The van der Waals surface area contributed by atoms with Gasteiger partial charge in [0.15, 0.2) is 15.3 Å². The Morgan fingerprint density at radius 3 is 2.47 bits per heavy atom. The van der Waals surface area contributed by atoms with Gasteiger partial charge in [-0.15, -0.1) is 0 Å². The quantitative estimate of drug-likeness (QED) is 0.461. The number of pyridine rings is 1. The molecule has 0 saturated heterocycles. The molecule has 8 heteroatoms. The Kier molecular flexibility index (Phi) is 5.86. The summed E-state index contributed by atoms with van der Waals surface area (Å²) in [6.45, 7) is 0.328. The number of carbonyl (C=O) groups excluding carboxylic acids is 1. The summed E-state index contributed by atoms with van der Waals surface area (Å²) >= 11 is 6.05. The number of halogens is 1. The van der Waals surface area contributed by atoms with E-state index >= 15 is 0 Å². The van der Waals surface area contributed by atoms with E-state index in [2.05, 4.69) is 10.3 Å². The van der Waals surface area contributed by atoms with E-state index in [9.17, 15) is 18.0 Å². The highest BCUT2D eigenvalue weighted by Gasteiger charge is 2.19. The second kappa shape index (κ2) is 8.61. The van der Waals surface area contributed by atoms with Gasteiger partial charge in [-0.25, -0.2) is 8.42 Å². The summed E-state index contributed by atoms with van der Waals surface area (Å²) in [6, 6.07) is 19.9. The van der Waals surface area contributed by atoms with Crippen molar-refractivity contribution in [2.75, 3.05) is 6.26 Å². The molecule has 0 aliphatic heterocycles. The van der Waals surface area contributed by atoms with Crippen LogP contribution in [0.25, 0.3) is 22.2 Å². The predicted molar refractivity (Wildman–Crippen MR) is 126 cm³/mol. The molecule has 1 heterocycles. The van der Waals surface area contributed by atoms with Crippen LogP contribution in [0.5, 0.6) is 0 Å². The van der Waals surface area contributed by atoms with Crippen molar-refractivity contribution in [2.45, 2.75) is 11.4 Å². The van der Waals surface area contributed by atoms with Gasteiger partial charge in [0.25, 0.3) is 5.91 Å². The number of nitrogens with one attached hydrogen (secondary N) is 2. The fraction of sp³-hybridized carbons (Fsp3) is 0.0833. The summed E-state index contributed by atoms with van der Waals surface area (Å²) in [6.07, 6.45) is 1.08. The molecule has 0 saturated carbocycles. The molecule has 0 radical (unpaired) electrons. The summed E-state index contributed by atoms with van der Waals surface area (Å²) in [4.78, 5) is 28.5. The summed E-state index contributed by atoms with van der Waals surface area (Å²) < 4.78 is 24.8. The van der Waals surface area contributed by atoms with Gasteiger partial charge in [-0.1, -0.05) is 41.9 Å². The van der Waals surface area contributed by atoms with Gasteiger partial charge in [0, 0.05) is 40.4 Å². The van der Waals surface area contributed by atoms with E-state index in [1.54, 1.807) is 18.2 Å². The van der Waals surface area contributed by atoms with Crippen LogP contribution in [0.1, 0.15) is 15.9 Å². The van der Waals surface area contributed by atoms with Crippen LogP contribution < -0.4 is 10.7 Å². The average Bonchev–Trinajstić information content (AvgIpc) is 2.76. The van der Waals surface area contributed by atoms with Crippen molar-refractivity contribution >= 4 is 38.2 Å². The highest BCUT2D eigenvalue weighted by Crippen LogP contribution is 2.28.